The van der Waals surface area contributed by atoms with Crippen molar-refractivity contribution in [1.82, 2.24) is 20.1 Å². The standard InChI is InChI=1S/C22H26N4O2S/c1-3-17-9-11-19(12-10-17)28-15-20-24-25-22(26(20)2)29-16-21(27)23-14-13-18-7-5-4-6-8-18/h4-12H,3,13-16H2,1-2H3,(H,23,27). The second kappa shape index (κ2) is 10.7. The maximum atomic E-state index is 12.1. The second-order valence-electron chi connectivity index (χ2n) is 6.62. The average Bonchev–Trinajstić information content (AvgIpc) is 3.11. The van der Waals surface area contributed by atoms with Crippen LogP contribution in [0.1, 0.15) is 23.9 Å². The summed E-state index contributed by atoms with van der Waals surface area (Å²) >= 11 is 1.37. The zero-order valence-electron chi connectivity index (χ0n) is 16.8. The third-order valence-corrected chi connectivity index (χ3v) is 5.56. The highest BCUT2D eigenvalue weighted by molar-refractivity contribution is 7.99. The van der Waals surface area contributed by atoms with Crippen LogP contribution in [0.15, 0.2) is 59.8 Å². The summed E-state index contributed by atoms with van der Waals surface area (Å²) in [6.07, 6.45) is 1.83. The second-order valence-corrected chi connectivity index (χ2v) is 7.56. The van der Waals surface area contributed by atoms with Crippen molar-refractivity contribution in [2.24, 2.45) is 7.05 Å². The number of ether oxygens (including phenoxy) is 1. The first-order valence-corrected chi connectivity index (χ1v) is 10.7. The van der Waals surface area contributed by atoms with Gasteiger partial charge in [-0.1, -0.05) is 61.2 Å². The Morgan fingerprint density at radius 2 is 1.83 bits per heavy atom. The number of rotatable bonds is 10. The number of nitrogens with one attached hydrogen (secondary N) is 1. The molecule has 0 saturated heterocycles. The number of amides is 1. The molecule has 0 aliphatic carbocycles. The summed E-state index contributed by atoms with van der Waals surface area (Å²) in [5.74, 6) is 1.82. The highest BCUT2D eigenvalue weighted by Crippen LogP contribution is 2.18. The largest absolute Gasteiger partial charge is 0.486 e. The highest BCUT2D eigenvalue weighted by atomic mass is 32.2. The van der Waals surface area contributed by atoms with Crippen molar-refractivity contribution in [1.29, 1.82) is 0 Å². The predicted molar refractivity (Wildman–Crippen MR) is 115 cm³/mol. The van der Waals surface area contributed by atoms with E-state index in [1.165, 1.54) is 22.9 Å². The van der Waals surface area contributed by atoms with E-state index in [1.54, 1.807) is 0 Å². The summed E-state index contributed by atoms with van der Waals surface area (Å²) in [6, 6.07) is 18.2. The summed E-state index contributed by atoms with van der Waals surface area (Å²) in [5.41, 5.74) is 2.49. The molecular formula is C22H26N4O2S. The van der Waals surface area contributed by atoms with Gasteiger partial charge in [0.15, 0.2) is 11.0 Å². The molecule has 29 heavy (non-hydrogen) atoms. The third-order valence-electron chi connectivity index (χ3n) is 4.54. The summed E-state index contributed by atoms with van der Waals surface area (Å²) in [7, 11) is 1.88. The molecule has 0 radical (unpaired) electrons. The van der Waals surface area contributed by atoms with Crippen LogP contribution in [0.3, 0.4) is 0 Å². The van der Waals surface area contributed by atoms with E-state index in [0.29, 0.717) is 24.1 Å². The zero-order chi connectivity index (χ0) is 20.5. The van der Waals surface area contributed by atoms with Gasteiger partial charge in [-0.05, 0) is 36.1 Å². The Hall–Kier alpha value is -2.80. The summed E-state index contributed by atoms with van der Waals surface area (Å²) in [6.45, 7) is 3.08. The lowest BCUT2D eigenvalue weighted by atomic mass is 10.1. The number of benzene rings is 2. The maximum absolute atomic E-state index is 12.1. The quantitative estimate of drug-likeness (QED) is 0.519. The van der Waals surface area contributed by atoms with E-state index in [-0.39, 0.29) is 5.91 Å². The molecule has 0 spiro atoms. The highest BCUT2D eigenvalue weighted by Gasteiger charge is 2.12. The van der Waals surface area contributed by atoms with Gasteiger partial charge in [-0.3, -0.25) is 4.79 Å². The number of hydrogen-bond acceptors (Lipinski definition) is 5. The van der Waals surface area contributed by atoms with Crippen LogP contribution in [0, 0.1) is 0 Å². The van der Waals surface area contributed by atoms with E-state index in [0.717, 1.165) is 24.4 Å². The molecule has 0 bridgehead atoms. The average molecular weight is 411 g/mol. The van der Waals surface area contributed by atoms with Crippen molar-refractivity contribution in [3.05, 3.63) is 71.5 Å². The Morgan fingerprint density at radius 3 is 2.55 bits per heavy atom. The van der Waals surface area contributed by atoms with E-state index in [2.05, 4.69) is 46.7 Å². The van der Waals surface area contributed by atoms with Crippen LogP contribution in [0.5, 0.6) is 5.75 Å². The van der Waals surface area contributed by atoms with Gasteiger partial charge in [0.05, 0.1) is 5.75 Å². The molecule has 6 nitrogen and oxygen atoms in total. The van der Waals surface area contributed by atoms with Crippen molar-refractivity contribution >= 4 is 17.7 Å². The smallest absolute Gasteiger partial charge is 0.230 e. The van der Waals surface area contributed by atoms with E-state index in [1.807, 2.05) is 41.9 Å². The molecule has 152 valence electrons. The molecule has 7 heteroatoms. The molecular weight excluding hydrogens is 384 g/mol. The van der Waals surface area contributed by atoms with Crippen LogP contribution in [0.2, 0.25) is 0 Å². The Bertz CT molecular complexity index is 910. The number of nitrogens with zero attached hydrogens (tertiary/aromatic N) is 3. The van der Waals surface area contributed by atoms with Crippen LogP contribution >= 0.6 is 11.8 Å². The lowest BCUT2D eigenvalue weighted by Crippen LogP contribution is -2.27. The van der Waals surface area contributed by atoms with Crippen LogP contribution in [0.25, 0.3) is 0 Å². The maximum Gasteiger partial charge on any atom is 0.230 e. The number of thioether (sulfide) groups is 1. The third kappa shape index (κ3) is 6.35. The van der Waals surface area contributed by atoms with Crippen LogP contribution in [-0.2, 0) is 31.3 Å². The van der Waals surface area contributed by atoms with E-state index < -0.39 is 0 Å². The Kier molecular flexibility index (Phi) is 7.69. The molecule has 0 saturated carbocycles. The van der Waals surface area contributed by atoms with E-state index in [9.17, 15) is 4.79 Å². The molecule has 1 amide bonds. The summed E-state index contributed by atoms with van der Waals surface area (Å²) in [5, 5.41) is 12.0. The molecule has 3 rings (SSSR count). The van der Waals surface area contributed by atoms with Crippen LogP contribution in [-0.4, -0.2) is 33.0 Å². The minimum Gasteiger partial charge on any atom is -0.486 e. The van der Waals surface area contributed by atoms with Gasteiger partial charge in [0.2, 0.25) is 5.91 Å². The van der Waals surface area contributed by atoms with Gasteiger partial charge in [0.1, 0.15) is 12.4 Å². The fourth-order valence-electron chi connectivity index (χ4n) is 2.74. The minimum absolute atomic E-state index is 0.0113. The molecule has 0 unspecified atom stereocenters. The molecule has 0 atom stereocenters. The minimum atomic E-state index is -0.0113. The van der Waals surface area contributed by atoms with E-state index >= 15 is 0 Å². The number of carbonyl (C=O) groups is 1. The monoisotopic (exact) mass is 410 g/mol. The Balaban J connectivity index is 1.42. The molecule has 3 aromatic rings. The van der Waals surface area contributed by atoms with Crippen LogP contribution in [0.4, 0.5) is 0 Å². The molecule has 1 N–H and O–H groups in total. The van der Waals surface area contributed by atoms with E-state index in [4.69, 9.17) is 4.74 Å². The van der Waals surface area contributed by atoms with Crippen molar-refractivity contribution < 1.29 is 9.53 Å². The first-order valence-electron chi connectivity index (χ1n) is 9.69. The first kappa shape index (κ1) is 20.9. The number of aromatic nitrogens is 3. The van der Waals surface area contributed by atoms with Crippen LogP contribution < -0.4 is 10.1 Å². The van der Waals surface area contributed by atoms with Crippen molar-refractivity contribution in [3.8, 4) is 5.75 Å². The van der Waals surface area contributed by atoms with Gasteiger partial charge >= 0.3 is 0 Å². The van der Waals surface area contributed by atoms with Gasteiger partial charge in [0, 0.05) is 13.6 Å². The zero-order valence-corrected chi connectivity index (χ0v) is 17.6. The summed E-state index contributed by atoms with van der Waals surface area (Å²) in [4.78, 5) is 12.1. The number of aryl methyl sites for hydroxylation is 1. The molecule has 0 aliphatic rings. The lowest BCUT2D eigenvalue weighted by molar-refractivity contribution is -0.118. The predicted octanol–water partition coefficient (Wildman–Crippen LogP) is 3.41. The normalized spacial score (nSPS) is 10.7. The van der Waals surface area contributed by atoms with Gasteiger partial charge in [-0.15, -0.1) is 10.2 Å². The van der Waals surface area contributed by atoms with Crippen molar-refractivity contribution in [2.45, 2.75) is 31.5 Å². The molecule has 0 fully saturated rings. The SMILES string of the molecule is CCc1ccc(OCc2nnc(SCC(=O)NCCc3ccccc3)n2C)cc1. The number of carbonyl (C=O) groups excluding carboxylic acids is 1. The Labute approximate surface area is 175 Å². The number of hydrogen-bond donors (Lipinski definition) is 1. The fraction of sp³-hybridized carbons (Fsp3) is 0.318. The van der Waals surface area contributed by atoms with Gasteiger partial charge < -0.3 is 14.6 Å². The summed E-state index contributed by atoms with van der Waals surface area (Å²) < 4.78 is 7.66. The molecule has 1 aromatic heterocycles. The molecule has 2 aromatic carbocycles. The first-order chi connectivity index (χ1) is 14.2. The van der Waals surface area contributed by atoms with Gasteiger partial charge in [0.25, 0.3) is 0 Å². The van der Waals surface area contributed by atoms with Gasteiger partial charge in [-0.25, -0.2) is 0 Å². The topological polar surface area (TPSA) is 69.0 Å². The Morgan fingerprint density at radius 1 is 1.07 bits per heavy atom. The lowest BCUT2D eigenvalue weighted by Gasteiger charge is -2.07. The molecule has 1 heterocycles. The van der Waals surface area contributed by atoms with Crippen molar-refractivity contribution in [2.75, 3.05) is 12.3 Å². The molecule has 0 aliphatic heterocycles. The fourth-order valence-corrected chi connectivity index (χ4v) is 3.50. The van der Waals surface area contributed by atoms with Crippen molar-refractivity contribution in [3.63, 3.8) is 0 Å². The van der Waals surface area contributed by atoms with Gasteiger partial charge in [-0.2, -0.15) is 0 Å².